The van der Waals surface area contributed by atoms with Gasteiger partial charge >= 0.3 is 6.18 Å². The number of primary amides is 1. The minimum Gasteiger partial charge on any atom is -0.450 e. The average Bonchev–Trinajstić information content (AvgIpc) is 2.85. The Kier molecular flexibility index (Phi) is 6.75. The van der Waals surface area contributed by atoms with Crippen LogP contribution in [0.2, 0.25) is 5.02 Å². The lowest BCUT2D eigenvalue weighted by Gasteiger charge is -2.38. The van der Waals surface area contributed by atoms with E-state index in [0.717, 1.165) is 5.56 Å². The highest BCUT2D eigenvalue weighted by Crippen LogP contribution is 2.40. The number of nitrogens with two attached hydrogens (primary N) is 1. The Hall–Kier alpha value is -3.89. The van der Waals surface area contributed by atoms with Crippen LogP contribution in [-0.2, 0) is 6.18 Å². The van der Waals surface area contributed by atoms with Crippen molar-refractivity contribution in [3.63, 3.8) is 0 Å². The van der Waals surface area contributed by atoms with Crippen LogP contribution in [0.3, 0.4) is 0 Å². The van der Waals surface area contributed by atoms with Gasteiger partial charge in [-0.3, -0.25) is 15.1 Å². The molecular formula is C25H19ClF4N4O2. The molecule has 1 amide bonds. The standard InChI is InChI=1S/C25H19ClF4N4O2/c1-32-25(20(3-2-8-34-25)14-6-9-33-10-7-14)36-16-4-5-21(26)17(13-16)18-11-15(24(28,29)30)12-19(22(18)27)23(31)35/h2-13,32,34H,1H3,(H2,31,35). The minimum atomic E-state index is -4.86. The first-order valence-corrected chi connectivity index (χ1v) is 10.9. The molecule has 0 saturated carbocycles. The molecular weight excluding hydrogens is 500 g/mol. The van der Waals surface area contributed by atoms with Crippen molar-refractivity contribution in [3.05, 3.63) is 101 Å². The van der Waals surface area contributed by atoms with Crippen LogP contribution in [0.15, 0.2) is 73.2 Å². The molecule has 1 aromatic heterocycles. The van der Waals surface area contributed by atoms with Crippen LogP contribution in [0.1, 0.15) is 21.5 Å². The van der Waals surface area contributed by atoms with E-state index in [1.165, 1.54) is 18.2 Å². The third kappa shape index (κ3) is 4.77. The van der Waals surface area contributed by atoms with E-state index in [2.05, 4.69) is 15.6 Å². The number of ether oxygens (including phenoxy) is 1. The van der Waals surface area contributed by atoms with Gasteiger partial charge in [-0.1, -0.05) is 11.6 Å². The summed E-state index contributed by atoms with van der Waals surface area (Å²) in [6.45, 7) is 0. The first kappa shape index (κ1) is 25.2. The first-order chi connectivity index (χ1) is 17.1. The summed E-state index contributed by atoms with van der Waals surface area (Å²) in [6, 6.07) is 8.62. The number of nitrogens with one attached hydrogen (secondary N) is 2. The van der Waals surface area contributed by atoms with E-state index >= 15 is 4.39 Å². The zero-order chi connectivity index (χ0) is 26.1. The lowest BCUT2D eigenvalue weighted by molar-refractivity contribution is -0.137. The summed E-state index contributed by atoms with van der Waals surface area (Å²) in [5.74, 6) is -3.73. The van der Waals surface area contributed by atoms with E-state index in [1.54, 1.807) is 43.9 Å². The van der Waals surface area contributed by atoms with Crippen LogP contribution in [0, 0.1) is 5.82 Å². The Morgan fingerprint density at radius 2 is 1.86 bits per heavy atom. The molecule has 2 heterocycles. The van der Waals surface area contributed by atoms with Gasteiger partial charge in [0.05, 0.1) is 11.1 Å². The topological polar surface area (TPSA) is 89.3 Å². The van der Waals surface area contributed by atoms with Crippen molar-refractivity contribution in [2.75, 3.05) is 7.05 Å². The molecule has 6 nitrogen and oxygen atoms in total. The van der Waals surface area contributed by atoms with Gasteiger partial charge in [0, 0.05) is 40.3 Å². The van der Waals surface area contributed by atoms with Crippen molar-refractivity contribution >= 4 is 23.1 Å². The second-order valence-corrected chi connectivity index (χ2v) is 8.15. The summed E-state index contributed by atoms with van der Waals surface area (Å²) < 4.78 is 61.8. The molecule has 0 saturated heterocycles. The van der Waals surface area contributed by atoms with Crippen molar-refractivity contribution in [2.45, 2.75) is 12.0 Å². The first-order valence-electron chi connectivity index (χ1n) is 10.5. The summed E-state index contributed by atoms with van der Waals surface area (Å²) in [5.41, 5.74) is 3.77. The van der Waals surface area contributed by atoms with Crippen molar-refractivity contribution in [1.82, 2.24) is 15.6 Å². The summed E-state index contributed by atoms with van der Waals surface area (Å²) in [6.07, 6.45) is 3.59. The number of benzene rings is 2. The van der Waals surface area contributed by atoms with Gasteiger partial charge in [0.15, 0.2) is 0 Å². The number of hydrogen-bond acceptors (Lipinski definition) is 5. The van der Waals surface area contributed by atoms with Crippen LogP contribution in [0.5, 0.6) is 5.75 Å². The summed E-state index contributed by atoms with van der Waals surface area (Å²) >= 11 is 6.26. The van der Waals surface area contributed by atoms with Crippen molar-refractivity contribution in [3.8, 4) is 16.9 Å². The number of hydrogen-bond donors (Lipinski definition) is 3. The normalized spacial score (nSPS) is 17.3. The van der Waals surface area contributed by atoms with Crippen LogP contribution in [0.25, 0.3) is 16.7 Å². The zero-order valence-electron chi connectivity index (χ0n) is 18.7. The van der Waals surface area contributed by atoms with Crippen molar-refractivity contribution in [2.24, 2.45) is 5.73 Å². The fourth-order valence-corrected chi connectivity index (χ4v) is 4.01. The van der Waals surface area contributed by atoms with E-state index in [4.69, 9.17) is 22.1 Å². The molecule has 4 N–H and O–H groups in total. The van der Waals surface area contributed by atoms with Crippen LogP contribution in [0.4, 0.5) is 17.6 Å². The number of pyridine rings is 1. The van der Waals surface area contributed by atoms with Crippen molar-refractivity contribution < 1.29 is 27.1 Å². The van der Waals surface area contributed by atoms with E-state index < -0.39 is 40.4 Å². The number of alkyl halides is 3. The Balaban J connectivity index is 1.82. The molecule has 1 aliphatic rings. The third-order valence-corrected chi connectivity index (χ3v) is 5.86. The molecule has 0 radical (unpaired) electrons. The number of halogens is 5. The molecule has 0 fully saturated rings. The molecule has 3 aromatic rings. The van der Waals surface area contributed by atoms with Gasteiger partial charge in [-0.25, -0.2) is 4.39 Å². The monoisotopic (exact) mass is 518 g/mol. The molecule has 186 valence electrons. The van der Waals surface area contributed by atoms with E-state index in [1.807, 2.05) is 6.08 Å². The lowest BCUT2D eigenvalue weighted by atomic mass is 9.97. The largest absolute Gasteiger partial charge is 0.450 e. The van der Waals surface area contributed by atoms with Crippen LogP contribution in [-0.4, -0.2) is 23.8 Å². The number of dihydropyridines is 1. The Bertz CT molecular complexity index is 1380. The number of allylic oxidation sites excluding steroid dienone is 2. The van der Waals surface area contributed by atoms with Gasteiger partial charge in [0.25, 0.3) is 11.8 Å². The van der Waals surface area contributed by atoms with Crippen molar-refractivity contribution in [1.29, 1.82) is 0 Å². The van der Waals surface area contributed by atoms with Crippen LogP contribution < -0.4 is 21.1 Å². The third-order valence-electron chi connectivity index (χ3n) is 5.53. The second-order valence-electron chi connectivity index (χ2n) is 7.74. The van der Waals surface area contributed by atoms with E-state index in [-0.39, 0.29) is 16.3 Å². The highest BCUT2D eigenvalue weighted by atomic mass is 35.5. The van der Waals surface area contributed by atoms with Gasteiger partial charge in [0.1, 0.15) is 11.6 Å². The molecule has 0 spiro atoms. The summed E-state index contributed by atoms with van der Waals surface area (Å²) in [4.78, 5) is 15.7. The Labute approximate surface area is 208 Å². The van der Waals surface area contributed by atoms with Crippen LogP contribution >= 0.6 is 11.6 Å². The molecule has 1 unspecified atom stereocenters. The number of amides is 1. The maximum Gasteiger partial charge on any atom is 0.416 e. The number of carbonyl (C=O) groups excluding carboxylic acids is 1. The average molecular weight is 519 g/mol. The quantitative estimate of drug-likeness (QED) is 0.312. The highest BCUT2D eigenvalue weighted by molar-refractivity contribution is 6.33. The maximum atomic E-state index is 15.2. The molecule has 11 heteroatoms. The Morgan fingerprint density at radius 3 is 2.50 bits per heavy atom. The molecule has 36 heavy (non-hydrogen) atoms. The minimum absolute atomic E-state index is 0.0594. The SMILES string of the molecule is CNC1(Oc2ccc(Cl)c(-c3cc(C(F)(F)F)cc(C(N)=O)c3F)c2)NC=CC=C1c1ccncc1. The number of likely N-dealkylation sites (N-methyl/N-ethyl adjacent to an activating group) is 1. The summed E-state index contributed by atoms with van der Waals surface area (Å²) in [7, 11) is 1.64. The number of rotatable bonds is 6. The van der Waals surface area contributed by atoms with Gasteiger partial charge in [-0.05, 0) is 67.2 Å². The smallest absolute Gasteiger partial charge is 0.416 e. The van der Waals surface area contributed by atoms with E-state index in [0.29, 0.717) is 17.7 Å². The lowest BCUT2D eigenvalue weighted by Crippen LogP contribution is -2.59. The van der Waals surface area contributed by atoms with Gasteiger partial charge in [-0.15, -0.1) is 0 Å². The predicted molar refractivity (Wildman–Crippen MR) is 127 cm³/mol. The highest BCUT2D eigenvalue weighted by Gasteiger charge is 2.37. The van der Waals surface area contributed by atoms with Gasteiger partial charge in [-0.2, -0.15) is 13.2 Å². The number of carbonyl (C=O) groups is 1. The number of nitrogens with zero attached hydrogens (tertiary/aromatic N) is 1. The fourth-order valence-electron chi connectivity index (χ4n) is 3.79. The maximum absolute atomic E-state index is 15.2. The molecule has 2 aromatic carbocycles. The number of aromatic nitrogens is 1. The van der Waals surface area contributed by atoms with Gasteiger partial charge in [0.2, 0.25) is 0 Å². The molecule has 1 aliphatic heterocycles. The molecule has 0 aliphatic carbocycles. The zero-order valence-corrected chi connectivity index (χ0v) is 19.4. The fraction of sp³-hybridized carbons (Fsp3) is 0.120. The predicted octanol–water partition coefficient (Wildman–Crippen LogP) is 5.11. The van der Waals surface area contributed by atoms with Gasteiger partial charge < -0.3 is 15.8 Å². The van der Waals surface area contributed by atoms with E-state index in [9.17, 15) is 18.0 Å². The summed E-state index contributed by atoms with van der Waals surface area (Å²) in [5, 5.41) is 6.10. The molecule has 4 rings (SSSR count). The Morgan fingerprint density at radius 1 is 1.14 bits per heavy atom. The second kappa shape index (κ2) is 9.63. The molecule has 1 atom stereocenters. The molecule has 0 bridgehead atoms.